The predicted octanol–water partition coefficient (Wildman–Crippen LogP) is 2.09. The number of methoxy groups -OCH3 is 1. The van der Waals surface area contributed by atoms with E-state index in [0.717, 1.165) is 29.8 Å². The van der Waals surface area contributed by atoms with Crippen LogP contribution in [0.2, 0.25) is 0 Å². The van der Waals surface area contributed by atoms with Gasteiger partial charge in [-0.1, -0.05) is 12.1 Å². The average molecular weight is 233 g/mol. The molecule has 0 spiro atoms. The molecule has 1 aromatic heterocycles. The lowest BCUT2D eigenvalue weighted by Crippen LogP contribution is -2.18. The molecule has 0 bridgehead atoms. The fraction of sp³-hybridized carbons (Fsp3) is 0.462. The maximum atomic E-state index is 6.16. The van der Waals surface area contributed by atoms with E-state index in [2.05, 4.69) is 22.5 Å². The Kier molecular flexibility index (Phi) is 3.76. The maximum absolute atomic E-state index is 6.16. The number of aromatic nitrogens is 2. The molecule has 0 aliphatic heterocycles. The molecule has 4 heteroatoms. The number of aryl methyl sites for hydroxylation is 1. The van der Waals surface area contributed by atoms with Crippen LogP contribution in [0.5, 0.6) is 0 Å². The molecular formula is C13H19N3O. The highest BCUT2D eigenvalue weighted by Crippen LogP contribution is 2.21. The zero-order chi connectivity index (χ0) is 12.3. The Morgan fingerprint density at radius 2 is 2.18 bits per heavy atom. The van der Waals surface area contributed by atoms with Crippen molar-refractivity contribution in [2.75, 3.05) is 13.7 Å². The van der Waals surface area contributed by atoms with Crippen molar-refractivity contribution in [1.82, 2.24) is 9.55 Å². The molecule has 92 valence electrons. The minimum absolute atomic E-state index is 0.0673. The van der Waals surface area contributed by atoms with Crippen LogP contribution < -0.4 is 5.73 Å². The second-order valence-corrected chi connectivity index (χ2v) is 4.09. The van der Waals surface area contributed by atoms with Gasteiger partial charge >= 0.3 is 0 Å². The van der Waals surface area contributed by atoms with Gasteiger partial charge in [0.05, 0.1) is 17.1 Å². The van der Waals surface area contributed by atoms with E-state index in [-0.39, 0.29) is 6.04 Å². The number of nitrogens with two attached hydrogens (primary N) is 1. The Hall–Kier alpha value is -1.39. The highest BCUT2D eigenvalue weighted by atomic mass is 16.5. The minimum atomic E-state index is -0.0673. The van der Waals surface area contributed by atoms with Crippen LogP contribution in [0, 0.1) is 0 Å². The van der Waals surface area contributed by atoms with Crippen LogP contribution in [-0.4, -0.2) is 23.3 Å². The highest BCUT2D eigenvalue weighted by Gasteiger charge is 2.15. The normalized spacial score (nSPS) is 13.1. The van der Waals surface area contributed by atoms with Gasteiger partial charge in [0, 0.05) is 20.3 Å². The first-order chi connectivity index (χ1) is 8.27. The Morgan fingerprint density at radius 1 is 1.41 bits per heavy atom. The topological polar surface area (TPSA) is 53.1 Å². The van der Waals surface area contributed by atoms with Gasteiger partial charge in [-0.05, 0) is 25.5 Å². The maximum Gasteiger partial charge on any atom is 0.126 e. The van der Waals surface area contributed by atoms with E-state index >= 15 is 0 Å². The van der Waals surface area contributed by atoms with E-state index in [1.165, 1.54) is 0 Å². The van der Waals surface area contributed by atoms with Gasteiger partial charge in [-0.2, -0.15) is 0 Å². The number of benzene rings is 1. The summed E-state index contributed by atoms with van der Waals surface area (Å²) in [5, 5.41) is 0. The third-order valence-electron chi connectivity index (χ3n) is 2.96. The minimum Gasteiger partial charge on any atom is -0.385 e. The third-order valence-corrected chi connectivity index (χ3v) is 2.96. The van der Waals surface area contributed by atoms with E-state index in [1.807, 2.05) is 18.2 Å². The number of hydrogen-bond acceptors (Lipinski definition) is 3. The lowest BCUT2D eigenvalue weighted by molar-refractivity contribution is 0.186. The molecule has 1 aromatic carbocycles. The lowest BCUT2D eigenvalue weighted by Gasteiger charge is -2.12. The number of hydrogen-bond donors (Lipinski definition) is 1. The monoisotopic (exact) mass is 233 g/mol. The lowest BCUT2D eigenvalue weighted by atomic mass is 10.2. The molecule has 0 amide bonds. The van der Waals surface area contributed by atoms with Gasteiger partial charge in [-0.3, -0.25) is 0 Å². The van der Waals surface area contributed by atoms with Crippen LogP contribution in [0.3, 0.4) is 0 Å². The first-order valence-electron chi connectivity index (χ1n) is 5.97. The van der Waals surface area contributed by atoms with Crippen molar-refractivity contribution >= 4 is 11.0 Å². The zero-order valence-electron chi connectivity index (χ0n) is 10.4. The van der Waals surface area contributed by atoms with Gasteiger partial charge in [0.15, 0.2) is 0 Å². The summed E-state index contributed by atoms with van der Waals surface area (Å²) in [6.45, 7) is 3.66. The van der Waals surface area contributed by atoms with Gasteiger partial charge in [0.2, 0.25) is 0 Å². The molecule has 0 aliphatic carbocycles. The molecule has 0 radical (unpaired) electrons. The number of fused-ring (bicyclic) bond motifs is 1. The van der Waals surface area contributed by atoms with E-state index in [9.17, 15) is 0 Å². The Balaban J connectivity index is 2.38. The predicted molar refractivity (Wildman–Crippen MR) is 68.8 cm³/mol. The smallest absolute Gasteiger partial charge is 0.126 e. The third kappa shape index (κ3) is 2.33. The van der Waals surface area contributed by atoms with Crippen LogP contribution >= 0.6 is 0 Å². The molecule has 1 heterocycles. The molecule has 2 rings (SSSR count). The van der Waals surface area contributed by atoms with Crippen LogP contribution in [-0.2, 0) is 11.3 Å². The molecule has 4 nitrogen and oxygen atoms in total. The summed E-state index contributed by atoms with van der Waals surface area (Å²) >= 11 is 0. The largest absolute Gasteiger partial charge is 0.385 e. The summed E-state index contributed by atoms with van der Waals surface area (Å²) in [6, 6.07) is 8.06. The molecule has 1 unspecified atom stereocenters. The second kappa shape index (κ2) is 5.29. The van der Waals surface area contributed by atoms with Crippen molar-refractivity contribution in [2.24, 2.45) is 5.73 Å². The van der Waals surface area contributed by atoms with Gasteiger partial charge < -0.3 is 15.0 Å². The summed E-state index contributed by atoms with van der Waals surface area (Å²) in [4.78, 5) is 4.62. The van der Waals surface area contributed by atoms with Gasteiger partial charge in [-0.15, -0.1) is 0 Å². The SMILES string of the molecule is CCn1c(C(N)CCOC)nc2ccccc21. The number of rotatable bonds is 5. The quantitative estimate of drug-likeness (QED) is 0.860. The van der Waals surface area contributed by atoms with Crippen LogP contribution in [0.1, 0.15) is 25.2 Å². The van der Waals surface area contributed by atoms with Crippen molar-refractivity contribution in [1.29, 1.82) is 0 Å². The molecule has 2 N–H and O–H groups in total. The first-order valence-corrected chi connectivity index (χ1v) is 5.97. The molecule has 1 atom stereocenters. The molecule has 0 aliphatic rings. The van der Waals surface area contributed by atoms with Crippen molar-refractivity contribution in [3.63, 3.8) is 0 Å². The van der Waals surface area contributed by atoms with E-state index in [0.29, 0.717) is 6.61 Å². The summed E-state index contributed by atoms with van der Waals surface area (Å²) < 4.78 is 7.24. The van der Waals surface area contributed by atoms with E-state index < -0.39 is 0 Å². The molecule has 17 heavy (non-hydrogen) atoms. The number of para-hydroxylation sites is 2. The molecule has 0 saturated carbocycles. The molecule has 0 fully saturated rings. The van der Waals surface area contributed by atoms with E-state index in [1.54, 1.807) is 7.11 Å². The Morgan fingerprint density at radius 3 is 2.88 bits per heavy atom. The Bertz CT molecular complexity index is 492. The summed E-state index contributed by atoms with van der Waals surface area (Å²) in [7, 11) is 1.69. The molecular weight excluding hydrogens is 214 g/mol. The summed E-state index contributed by atoms with van der Waals surface area (Å²) in [5.41, 5.74) is 8.32. The Labute approximate surface area is 101 Å². The summed E-state index contributed by atoms with van der Waals surface area (Å²) in [5.74, 6) is 0.950. The average Bonchev–Trinajstić information content (AvgIpc) is 2.74. The molecule has 2 aromatic rings. The number of nitrogens with zero attached hydrogens (tertiary/aromatic N) is 2. The van der Waals surface area contributed by atoms with E-state index in [4.69, 9.17) is 10.5 Å². The van der Waals surface area contributed by atoms with Crippen LogP contribution in [0.4, 0.5) is 0 Å². The molecule has 0 saturated heterocycles. The fourth-order valence-electron chi connectivity index (χ4n) is 2.08. The number of ether oxygens (including phenoxy) is 1. The van der Waals surface area contributed by atoms with Crippen molar-refractivity contribution in [3.8, 4) is 0 Å². The van der Waals surface area contributed by atoms with Crippen LogP contribution in [0.15, 0.2) is 24.3 Å². The first kappa shape index (κ1) is 12.1. The fourth-order valence-corrected chi connectivity index (χ4v) is 2.08. The van der Waals surface area contributed by atoms with Crippen molar-refractivity contribution < 1.29 is 4.74 Å². The van der Waals surface area contributed by atoms with Crippen LogP contribution in [0.25, 0.3) is 11.0 Å². The van der Waals surface area contributed by atoms with Gasteiger partial charge in [0.1, 0.15) is 5.82 Å². The second-order valence-electron chi connectivity index (χ2n) is 4.09. The highest BCUT2D eigenvalue weighted by molar-refractivity contribution is 5.76. The standard InChI is InChI=1S/C13H19N3O/c1-3-16-12-7-5-4-6-11(12)15-13(16)10(14)8-9-17-2/h4-7,10H,3,8-9,14H2,1-2H3. The van der Waals surface area contributed by atoms with Gasteiger partial charge in [0.25, 0.3) is 0 Å². The van der Waals surface area contributed by atoms with Crippen molar-refractivity contribution in [2.45, 2.75) is 25.9 Å². The summed E-state index contributed by atoms with van der Waals surface area (Å²) in [6.07, 6.45) is 0.791. The number of imidazole rings is 1. The van der Waals surface area contributed by atoms with Crippen molar-refractivity contribution in [3.05, 3.63) is 30.1 Å². The zero-order valence-corrected chi connectivity index (χ0v) is 10.4. The van der Waals surface area contributed by atoms with Gasteiger partial charge in [-0.25, -0.2) is 4.98 Å².